The van der Waals surface area contributed by atoms with Crippen LogP contribution in [0.1, 0.15) is 17.0 Å². The van der Waals surface area contributed by atoms with Gasteiger partial charge in [0.2, 0.25) is 0 Å². The average Bonchev–Trinajstić information content (AvgIpc) is 3.06. The van der Waals surface area contributed by atoms with Crippen LogP contribution in [0.4, 0.5) is 0 Å². The Labute approximate surface area is 162 Å². The maximum absolute atomic E-state index is 6.15. The predicted molar refractivity (Wildman–Crippen MR) is 109 cm³/mol. The van der Waals surface area contributed by atoms with Crippen LogP contribution in [0.25, 0.3) is 33.9 Å². The van der Waals surface area contributed by atoms with Crippen molar-refractivity contribution >= 4 is 11.6 Å². The van der Waals surface area contributed by atoms with Crippen molar-refractivity contribution in [2.75, 3.05) is 0 Å². The lowest BCUT2D eigenvalue weighted by Gasteiger charge is -2.10. The molecule has 0 fully saturated rings. The van der Waals surface area contributed by atoms with Crippen LogP contribution in [-0.4, -0.2) is 15.0 Å². The molecule has 3 aromatic carbocycles. The monoisotopic (exact) mass is 369 g/mol. The third-order valence-corrected chi connectivity index (χ3v) is 5.12. The zero-order valence-corrected chi connectivity index (χ0v) is 15.5. The van der Waals surface area contributed by atoms with Crippen molar-refractivity contribution < 1.29 is 0 Å². The Morgan fingerprint density at radius 2 is 1.48 bits per heavy atom. The average molecular weight is 370 g/mol. The molecule has 0 saturated carbocycles. The summed E-state index contributed by atoms with van der Waals surface area (Å²) in [6.07, 6.45) is 0.949. The van der Waals surface area contributed by atoms with Gasteiger partial charge in [-0.25, -0.2) is 15.0 Å². The smallest absolute Gasteiger partial charge is 0.164 e. The quantitative estimate of drug-likeness (QED) is 0.398. The highest BCUT2D eigenvalue weighted by Gasteiger charge is 2.23. The van der Waals surface area contributed by atoms with Crippen molar-refractivity contribution in [3.8, 4) is 33.9 Å². The minimum Gasteiger partial charge on any atom is -0.213 e. The molecule has 0 N–H and O–H groups in total. The first-order valence-electron chi connectivity index (χ1n) is 8.88. The maximum Gasteiger partial charge on any atom is 0.164 e. The molecule has 0 spiro atoms. The Morgan fingerprint density at radius 1 is 0.741 bits per heavy atom. The summed E-state index contributed by atoms with van der Waals surface area (Å²) < 4.78 is 0. The van der Waals surface area contributed by atoms with Gasteiger partial charge in [0.25, 0.3) is 0 Å². The van der Waals surface area contributed by atoms with Crippen LogP contribution in [0, 0.1) is 6.92 Å². The summed E-state index contributed by atoms with van der Waals surface area (Å²) in [6.45, 7) is 1.90. The highest BCUT2D eigenvalue weighted by molar-refractivity contribution is 6.30. The number of aryl methyl sites for hydroxylation is 1. The predicted octanol–water partition coefficient (Wildman–Crippen LogP) is 5.74. The molecule has 0 atom stereocenters. The first-order chi connectivity index (χ1) is 13.2. The van der Waals surface area contributed by atoms with Gasteiger partial charge in [0.05, 0.1) is 0 Å². The Morgan fingerprint density at radius 3 is 2.37 bits per heavy atom. The lowest BCUT2D eigenvalue weighted by Crippen LogP contribution is -2.00. The topological polar surface area (TPSA) is 38.7 Å². The Balaban J connectivity index is 1.71. The second-order valence-electron chi connectivity index (χ2n) is 6.71. The van der Waals surface area contributed by atoms with E-state index in [4.69, 9.17) is 16.6 Å². The van der Waals surface area contributed by atoms with Crippen molar-refractivity contribution in [3.63, 3.8) is 0 Å². The fourth-order valence-electron chi connectivity index (χ4n) is 3.73. The molecular formula is C23H16ClN3. The molecular weight excluding hydrogens is 354 g/mol. The number of hydrogen-bond acceptors (Lipinski definition) is 3. The summed E-state index contributed by atoms with van der Waals surface area (Å²) in [6, 6.07) is 22.5. The lowest BCUT2D eigenvalue weighted by atomic mass is 9.99. The molecule has 1 heterocycles. The summed E-state index contributed by atoms with van der Waals surface area (Å²) in [5, 5.41) is 0.668. The van der Waals surface area contributed by atoms with E-state index in [2.05, 4.69) is 52.4 Å². The molecule has 0 saturated heterocycles. The van der Waals surface area contributed by atoms with Crippen LogP contribution in [0.15, 0.2) is 66.7 Å². The lowest BCUT2D eigenvalue weighted by molar-refractivity contribution is 0.992. The molecule has 1 aliphatic rings. The van der Waals surface area contributed by atoms with Crippen LogP contribution < -0.4 is 0 Å². The Hall–Kier alpha value is -3.04. The Kier molecular flexibility index (Phi) is 3.76. The molecule has 0 bridgehead atoms. The molecule has 3 nitrogen and oxygen atoms in total. The summed E-state index contributed by atoms with van der Waals surface area (Å²) >= 11 is 6.15. The van der Waals surface area contributed by atoms with Crippen molar-refractivity contribution in [1.82, 2.24) is 15.0 Å². The van der Waals surface area contributed by atoms with Crippen molar-refractivity contribution in [3.05, 3.63) is 88.7 Å². The van der Waals surface area contributed by atoms with Gasteiger partial charge >= 0.3 is 0 Å². The van der Waals surface area contributed by atoms with Crippen molar-refractivity contribution in [2.24, 2.45) is 0 Å². The SMILES string of the molecule is Cc1nc(-c2cccc(Cl)c2)nc(-c2cccc3c2-c2ccccc2C3)n1. The number of benzene rings is 3. The van der Waals surface area contributed by atoms with E-state index in [0.717, 1.165) is 17.5 Å². The van der Waals surface area contributed by atoms with Gasteiger partial charge in [-0.15, -0.1) is 0 Å². The molecule has 5 rings (SSSR count). The summed E-state index contributed by atoms with van der Waals surface area (Å²) in [5.74, 6) is 2.04. The van der Waals surface area contributed by atoms with Crippen molar-refractivity contribution in [2.45, 2.75) is 13.3 Å². The number of rotatable bonds is 2. The summed E-state index contributed by atoms with van der Waals surface area (Å²) in [5.41, 5.74) is 7.10. The van der Waals surface area contributed by atoms with E-state index in [1.165, 1.54) is 22.3 Å². The number of hydrogen-bond donors (Lipinski definition) is 0. The molecule has 130 valence electrons. The van der Waals surface area contributed by atoms with E-state index in [-0.39, 0.29) is 0 Å². The van der Waals surface area contributed by atoms with Gasteiger partial charge in [0.1, 0.15) is 5.82 Å². The van der Waals surface area contributed by atoms with Crippen LogP contribution >= 0.6 is 11.6 Å². The van der Waals surface area contributed by atoms with Gasteiger partial charge in [-0.3, -0.25) is 0 Å². The van der Waals surface area contributed by atoms with Crippen LogP contribution in [-0.2, 0) is 6.42 Å². The van der Waals surface area contributed by atoms with E-state index in [1.807, 2.05) is 31.2 Å². The largest absolute Gasteiger partial charge is 0.213 e. The highest BCUT2D eigenvalue weighted by Crippen LogP contribution is 2.42. The Bertz CT molecular complexity index is 1180. The molecule has 1 aliphatic carbocycles. The normalized spacial score (nSPS) is 11.9. The van der Waals surface area contributed by atoms with Crippen LogP contribution in [0.2, 0.25) is 5.02 Å². The first kappa shape index (κ1) is 16.2. The standard InChI is InChI=1S/C23H16ClN3/c1-14-25-22(17-8-4-9-18(24)13-17)27-23(26-14)20-11-5-7-16-12-15-6-2-3-10-19(15)21(16)20/h2-11,13H,12H2,1H3. The number of nitrogens with zero attached hydrogens (tertiary/aromatic N) is 3. The maximum atomic E-state index is 6.15. The molecule has 0 amide bonds. The van der Waals surface area contributed by atoms with Gasteiger partial charge in [-0.2, -0.15) is 0 Å². The minimum absolute atomic E-state index is 0.642. The molecule has 4 aromatic rings. The highest BCUT2D eigenvalue weighted by atomic mass is 35.5. The number of fused-ring (bicyclic) bond motifs is 3. The third kappa shape index (κ3) is 2.81. The third-order valence-electron chi connectivity index (χ3n) is 4.89. The number of halogens is 1. The summed E-state index contributed by atoms with van der Waals surface area (Å²) in [7, 11) is 0. The van der Waals surface area contributed by atoms with Crippen LogP contribution in [0.5, 0.6) is 0 Å². The van der Waals surface area contributed by atoms with Crippen molar-refractivity contribution in [1.29, 1.82) is 0 Å². The number of aromatic nitrogens is 3. The zero-order valence-electron chi connectivity index (χ0n) is 14.8. The fraction of sp³-hybridized carbons (Fsp3) is 0.0870. The molecule has 0 aliphatic heterocycles. The van der Waals surface area contributed by atoms with E-state index >= 15 is 0 Å². The second-order valence-corrected chi connectivity index (χ2v) is 7.15. The van der Waals surface area contributed by atoms with Gasteiger partial charge in [0.15, 0.2) is 11.6 Å². The van der Waals surface area contributed by atoms with E-state index in [1.54, 1.807) is 0 Å². The summed E-state index contributed by atoms with van der Waals surface area (Å²) in [4.78, 5) is 14.0. The minimum atomic E-state index is 0.642. The molecule has 1 aromatic heterocycles. The molecule has 0 unspecified atom stereocenters. The van der Waals surface area contributed by atoms with Gasteiger partial charge < -0.3 is 0 Å². The zero-order chi connectivity index (χ0) is 18.4. The second kappa shape index (κ2) is 6.29. The molecule has 4 heteroatoms. The fourth-order valence-corrected chi connectivity index (χ4v) is 3.92. The molecule has 0 radical (unpaired) electrons. The van der Waals surface area contributed by atoms with Gasteiger partial charge in [-0.05, 0) is 47.7 Å². The van der Waals surface area contributed by atoms with E-state index in [9.17, 15) is 0 Å². The van der Waals surface area contributed by atoms with E-state index < -0.39 is 0 Å². The van der Waals surface area contributed by atoms with Crippen LogP contribution in [0.3, 0.4) is 0 Å². The van der Waals surface area contributed by atoms with Gasteiger partial charge in [-0.1, -0.05) is 66.2 Å². The van der Waals surface area contributed by atoms with Gasteiger partial charge in [0, 0.05) is 16.1 Å². The van der Waals surface area contributed by atoms with E-state index in [0.29, 0.717) is 22.5 Å². The first-order valence-corrected chi connectivity index (χ1v) is 9.26. The molecule has 27 heavy (non-hydrogen) atoms.